The first-order chi connectivity index (χ1) is 6.57. The van der Waals surface area contributed by atoms with Crippen LogP contribution in [-0.2, 0) is 4.74 Å². The smallest absolute Gasteiger partial charge is 0.0542 e. The van der Waals surface area contributed by atoms with Gasteiger partial charge in [-0.05, 0) is 25.8 Å². The monoisotopic (exact) mass is 199 g/mol. The van der Waals surface area contributed by atoms with Gasteiger partial charge in [-0.25, -0.2) is 0 Å². The fourth-order valence-electron chi connectivity index (χ4n) is 1.75. The van der Waals surface area contributed by atoms with Gasteiger partial charge in [0.15, 0.2) is 0 Å². The summed E-state index contributed by atoms with van der Waals surface area (Å²) in [7, 11) is 0. The van der Waals surface area contributed by atoms with Gasteiger partial charge in [0.05, 0.1) is 13.2 Å². The van der Waals surface area contributed by atoms with Crippen molar-refractivity contribution < 1.29 is 4.74 Å². The summed E-state index contributed by atoms with van der Waals surface area (Å²) < 4.78 is 5.24. The highest BCUT2D eigenvalue weighted by molar-refractivity contribution is 4.82. The molecule has 84 valence electrons. The molecule has 14 heavy (non-hydrogen) atoms. The SMILES string of the molecule is CCC(C)C(C)NCCC1(C)COC1. The maximum absolute atomic E-state index is 5.24. The van der Waals surface area contributed by atoms with Crippen LogP contribution >= 0.6 is 0 Å². The molecule has 0 aromatic rings. The molecular weight excluding hydrogens is 174 g/mol. The minimum Gasteiger partial charge on any atom is -0.380 e. The van der Waals surface area contributed by atoms with Crippen molar-refractivity contribution in [1.82, 2.24) is 5.32 Å². The normalized spacial score (nSPS) is 24.0. The van der Waals surface area contributed by atoms with E-state index in [0.717, 1.165) is 25.7 Å². The average molecular weight is 199 g/mol. The molecule has 0 bridgehead atoms. The highest BCUT2D eigenvalue weighted by atomic mass is 16.5. The van der Waals surface area contributed by atoms with Crippen LogP contribution in [0, 0.1) is 11.3 Å². The summed E-state index contributed by atoms with van der Waals surface area (Å²) in [6.45, 7) is 12.2. The number of ether oxygens (including phenoxy) is 1. The fourth-order valence-corrected chi connectivity index (χ4v) is 1.75. The molecular formula is C12H25NO. The fraction of sp³-hybridized carbons (Fsp3) is 1.00. The zero-order chi connectivity index (χ0) is 10.6. The Morgan fingerprint density at radius 1 is 1.36 bits per heavy atom. The maximum Gasteiger partial charge on any atom is 0.0542 e. The molecule has 0 aliphatic carbocycles. The molecule has 2 atom stereocenters. The molecule has 1 heterocycles. The third-order valence-corrected chi connectivity index (χ3v) is 3.59. The average Bonchev–Trinajstić information content (AvgIpc) is 2.13. The van der Waals surface area contributed by atoms with Crippen molar-refractivity contribution in [2.75, 3.05) is 19.8 Å². The quantitative estimate of drug-likeness (QED) is 0.709. The summed E-state index contributed by atoms with van der Waals surface area (Å²) in [6.07, 6.45) is 2.50. The molecule has 1 aliphatic rings. The summed E-state index contributed by atoms with van der Waals surface area (Å²) >= 11 is 0. The molecule has 0 aromatic carbocycles. The topological polar surface area (TPSA) is 21.3 Å². The Kier molecular flexibility index (Phi) is 4.39. The van der Waals surface area contributed by atoms with E-state index in [4.69, 9.17) is 4.74 Å². The van der Waals surface area contributed by atoms with Crippen molar-refractivity contribution in [1.29, 1.82) is 0 Å². The van der Waals surface area contributed by atoms with Crippen molar-refractivity contribution in [2.45, 2.75) is 46.6 Å². The standard InChI is InChI=1S/C12H25NO/c1-5-10(2)11(3)13-7-6-12(4)8-14-9-12/h10-11,13H,5-9H2,1-4H3. The summed E-state index contributed by atoms with van der Waals surface area (Å²) in [6, 6.07) is 0.643. The molecule has 1 N–H and O–H groups in total. The molecule has 1 aliphatic heterocycles. The van der Waals surface area contributed by atoms with Crippen LogP contribution in [0.15, 0.2) is 0 Å². The van der Waals surface area contributed by atoms with Gasteiger partial charge in [0, 0.05) is 11.5 Å². The molecule has 1 saturated heterocycles. The minimum absolute atomic E-state index is 0.460. The number of hydrogen-bond donors (Lipinski definition) is 1. The van der Waals surface area contributed by atoms with Gasteiger partial charge in [0.1, 0.15) is 0 Å². The van der Waals surface area contributed by atoms with Crippen LogP contribution < -0.4 is 5.32 Å². The third kappa shape index (κ3) is 3.25. The van der Waals surface area contributed by atoms with E-state index < -0.39 is 0 Å². The Balaban J connectivity index is 2.08. The Hall–Kier alpha value is -0.0800. The van der Waals surface area contributed by atoms with Gasteiger partial charge >= 0.3 is 0 Å². The lowest BCUT2D eigenvalue weighted by Crippen LogP contribution is -2.43. The minimum atomic E-state index is 0.460. The molecule has 0 spiro atoms. The maximum atomic E-state index is 5.24. The van der Waals surface area contributed by atoms with E-state index in [1.807, 2.05) is 0 Å². The summed E-state index contributed by atoms with van der Waals surface area (Å²) in [5, 5.41) is 3.60. The van der Waals surface area contributed by atoms with E-state index in [-0.39, 0.29) is 0 Å². The first-order valence-corrected chi connectivity index (χ1v) is 5.88. The Morgan fingerprint density at radius 3 is 2.43 bits per heavy atom. The van der Waals surface area contributed by atoms with E-state index in [2.05, 4.69) is 33.0 Å². The van der Waals surface area contributed by atoms with Crippen LogP contribution in [0.25, 0.3) is 0 Å². The zero-order valence-corrected chi connectivity index (χ0v) is 10.1. The highest BCUT2D eigenvalue weighted by Crippen LogP contribution is 2.29. The predicted molar refractivity (Wildman–Crippen MR) is 60.5 cm³/mol. The lowest BCUT2D eigenvalue weighted by molar-refractivity contribution is -0.105. The second-order valence-electron chi connectivity index (χ2n) is 5.18. The Labute approximate surface area is 88.4 Å². The van der Waals surface area contributed by atoms with Crippen LogP contribution in [0.2, 0.25) is 0 Å². The lowest BCUT2D eigenvalue weighted by Gasteiger charge is -2.38. The Bertz CT molecular complexity index is 166. The van der Waals surface area contributed by atoms with Crippen LogP contribution in [0.1, 0.15) is 40.5 Å². The van der Waals surface area contributed by atoms with Crippen molar-refractivity contribution in [3.8, 4) is 0 Å². The molecule has 1 rings (SSSR count). The molecule has 0 radical (unpaired) electrons. The number of rotatable bonds is 6. The van der Waals surface area contributed by atoms with Crippen molar-refractivity contribution in [3.63, 3.8) is 0 Å². The van der Waals surface area contributed by atoms with Crippen LogP contribution in [0.3, 0.4) is 0 Å². The first kappa shape index (κ1) is 12.0. The summed E-state index contributed by atoms with van der Waals surface area (Å²) in [5.74, 6) is 0.778. The van der Waals surface area contributed by atoms with Gasteiger partial charge in [-0.3, -0.25) is 0 Å². The number of nitrogens with one attached hydrogen (secondary N) is 1. The summed E-state index contributed by atoms with van der Waals surface area (Å²) in [5.41, 5.74) is 0.460. The second kappa shape index (κ2) is 5.13. The molecule has 2 nitrogen and oxygen atoms in total. The van der Waals surface area contributed by atoms with Crippen LogP contribution in [-0.4, -0.2) is 25.8 Å². The molecule has 2 heteroatoms. The van der Waals surface area contributed by atoms with Gasteiger partial charge in [-0.15, -0.1) is 0 Å². The Morgan fingerprint density at radius 2 is 2.00 bits per heavy atom. The van der Waals surface area contributed by atoms with Gasteiger partial charge in [-0.2, -0.15) is 0 Å². The highest BCUT2D eigenvalue weighted by Gasteiger charge is 2.32. The van der Waals surface area contributed by atoms with Gasteiger partial charge < -0.3 is 10.1 Å². The second-order valence-corrected chi connectivity index (χ2v) is 5.18. The van der Waals surface area contributed by atoms with E-state index in [0.29, 0.717) is 11.5 Å². The molecule has 2 unspecified atom stereocenters. The van der Waals surface area contributed by atoms with Gasteiger partial charge in [0.25, 0.3) is 0 Å². The van der Waals surface area contributed by atoms with Gasteiger partial charge in [0.2, 0.25) is 0 Å². The first-order valence-electron chi connectivity index (χ1n) is 5.88. The van der Waals surface area contributed by atoms with E-state index in [1.54, 1.807) is 0 Å². The molecule has 0 amide bonds. The van der Waals surface area contributed by atoms with E-state index in [1.165, 1.54) is 12.8 Å². The van der Waals surface area contributed by atoms with Crippen molar-refractivity contribution >= 4 is 0 Å². The lowest BCUT2D eigenvalue weighted by atomic mass is 9.85. The van der Waals surface area contributed by atoms with Crippen molar-refractivity contribution in [3.05, 3.63) is 0 Å². The number of hydrogen-bond acceptors (Lipinski definition) is 2. The molecule has 0 aromatic heterocycles. The van der Waals surface area contributed by atoms with Gasteiger partial charge in [-0.1, -0.05) is 27.2 Å². The zero-order valence-electron chi connectivity index (χ0n) is 10.1. The third-order valence-electron chi connectivity index (χ3n) is 3.59. The van der Waals surface area contributed by atoms with Crippen molar-refractivity contribution in [2.24, 2.45) is 11.3 Å². The van der Waals surface area contributed by atoms with E-state index in [9.17, 15) is 0 Å². The largest absolute Gasteiger partial charge is 0.380 e. The predicted octanol–water partition coefficient (Wildman–Crippen LogP) is 2.44. The van der Waals surface area contributed by atoms with Crippen LogP contribution in [0.5, 0.6) is 0 Å². The summed E-state index contributed by atoms with van der Waals surface area (Å²) in [4.78, 5) is 0. The molecule has 0 saturated carbocycles. The van der Waals surface area contributed by atoms with E-state index >= 15 is 0 Å². The molecule has 1 fully saturated rings. The van der Waals surface area contributed by atoms with Crippen LogP contribution in [0.4, 0.5) is 0 Å².